The Balaban J connectivity index is 2.53. The fraction of sp³-hybridized carbons (Fsp3) is 0.0714. The summed E-state index contributed by atoms with van der Waals surface area (Å²) in [5.74, 6) is -1.06. The average molecular weight is 226 g/mol. The van der Waals surface area contributed by atoms with Crippen molar-refractivity contribution in [3.8, 4) is 6.07 Å². The van der Waals surface area contributed by atoms with Gasteiger partial charge in [0.15, 0.2) is 0 Å². The lowest BCUT2D eigenvalue weighted by molar-refractivity contribution is 0.609. The van der Waals surface area contributed by atoms with Gasteiger partial charge < -0.3 is 5.73 Å². The molecule has 3 heteroatoms. The predicted octanol–water partition coefficient (Wildman–Crippen LogP) is 3.06. The van der Waals surface area contributed by atoms with Crippen molar-refractivity contribution in [2.45, 2.75) is 5.92 Å². The number of nitrogens with two attached hydrogens (primary N) is 1. The Bertz CT molecular complexity index is 527. The lowest BCUT2D eigenvalue weighted by atomic mass is 9.91. The van der Waals surface area contributed by atoms with E-state index < -0.39 is 5.92 Å². The van der Waals surface area contributed by atoms with Crippen molar-refractivity contribution in [1.82, 2.24) is 0 Å². The molecule has 2 nitrogen and oxygen atoms in total. The van der Waals surface area contributed by atoms with Gasteiger partial charge in [-0.15, -0.1) is 0 Å². The van der Waals surface area contributed by atoms with E-state index >= 15 is 0 Å². The van der Waals surface area contributed by atoms with Gasteiger partial charge >= 0.3 is 0 Å². The molecule has 2 N–H and O–H groups in total. The summed E-state index contributed by atoms with van der Waals surface area (Å²) < 4.78 is 13.7. The molecule has 0 saturated carbocycles. The van der Waals surface area contributed by atoms with Crippen molar-refractivity contribution >= 4 is 5.69 Å². The van der Waals surface area contributed by atoms with E-state index in [1.807, 2.05) is 0 Å². The Kier molecular flexibility index (Phi) is 3.06. The first-order chi connectivity index (χ1) is 8.24. The standard InChI is InChI=1S/C14H11FN2/c15-13-7-3-1-5-10(13)12(9-16)11-6-2-4-8-14(11)17/h1-8,12H,17H2. The summed E-state index contributed by atoms with van der Waals surface area (Å²) in [5.41, 5.74) is 7.31. The largest absolute Gasteiger partial charge is 0.398 e. The minimum atomic E-state index is -0.669. The normalized spacial score (nSPS) is 11.8. The van der Waals surface area contributed by atoms with Crippen LogP contribution in [0.5, 0.6) is 0 Å². The molecule has 2 rings (SSSR count). The molecule has 0 aromatic heterocycles. The fourth-order valence-electron chi connectivity index (χ4n) is 1.79. The molecule has 1 unspecified atom stereocenters. The van der Waals surface area contributed by atoms with Crippen LogP contribution in [0.15, 0.2) is 48.5 Å². The number of halogens is 1. The molecule has 17 heavy (non-hydrogen) atoms. The molecule has 84 valence electrons. The summed E-state index contributed by atoms with van der Waals surface area (Å²) in [7, 11) is 0. The number of hydrogen-bond donors (Lipinski definition) is 1. The summed E-state index contributed by atoms with van der Waals surface area (Å²) >= 11 is 0. The van der Waals surface area contributed by atoms with Crippen molar-refractivity contribution in [3.63, 3.8) is 0 Å². The predicted molar refractivity (Wildman–Crippen MR) is 64.7 cm³/mol. The van der Waals surface area contributed by atoms with Gasteiger partial charge in [0.05, 0.1) is 6.07 Å². The first-order valence-electron chi connectivity index (χ1n) is 5.22. The zero-order valence-electron chi connectivity index (χ0n) is 9.10. The maximum absolute atomic E-state index is 13.7. The molecular weight excluding hydrogens is 215 g/mol. The summed E-state index contributed by atoms with van der Waals surface area (Å²) in [6.45, 7) is 0. The summed E-state index contributed by atoms with van der Waals surface area (Å²) in [6.07, 6.45) is 0. The number of nitriles is 1. The van der Waals surface area contributed by atoms with Crippen molar-refractivity contribution in [1.29, 1.82) is 5.26 Å². The molecule has 0 bridgehead atoms. The first kappa shape index (κ1) is 11.2. The SMILES string of the molecule is N#CC(c1ccccc1N)c1ccccc1F. The molecule has 0 spiro atoms. The first-order valence-corrected chi connectivity index (χ1v) is 5.22. The van der Waals surface area contributed by atoms with Gasteiger partial charge in [-0.25, -0.2) is 4.39 Å². The highest BCUT2D eigenvalue weighted by Crippen LogP contribution is 2.29. The number of hydrogen-bond acceptors (Lipinski definition) is 2. The molecule has 0 aliphatic rings. The van der Waals surface area contributed by atoms with Crippen LogP contribution in [0.1, 0.15) is 17.0 Å². The van der Waals surface area contributed by atoms with Gasteiger partial charge in [-0.1, -0.05) is 36.4 Å². The molecule has 0 amide bonds. The van der Waals surface area contributed by atoms with Gasteiger partial charge in [-0.2, -0.15) is 5.26 Å². The van der Waals surface area contributed by atoms with E-state index in [2.05, 4.69) is 6.07 Å². The van der Waals surface area contributed by atoms with E-state index in [1.54, 1.807) is 42.5 Å². The molecule has 0 fully saturated rings. The van der Waals surface area contributed by atoms with E-state index in [1.165, 1.54) is 6.07 Å². The van der Waals surface area contributed by atoms with Crippen molar-refractivity contribution in [3.05, 3.63) is 65.5 Å². The van der Waals surface area contributed by atoms with Crippen LogP contribution in [0.4, 0.5) is 10.1 Å². The van der Waals surface area contributed by atoms with Gasteiger partial charge in [-0.05, 0) is 17.7 Å². The monoisotopic (exact) mass is 226 g/mol. The highest BCUT2D eigenvalue weighted by atomic mass is 19.1. The zero-order chi connectivity index (χ0) is 12.3. The highest BCUT2D eigenvalue weighted by molar-refractivity contribution is 5.54. The average Bonchev–Trinajstić information content (AvgIpc) is 2.34. The molecule has 0 radical (unpaired) electrons. The number of benzene rings is 2. The molecule has 1 atom stereocenters. The maximum Gasteiger partial charge on any atom is 0.128 e. The van der Waals surface area contributed by atoms with Crippen molar-refractivity contribution in [2.24, 2.45) is 0 Å². The van der Waals surface area contributed by atoms with Crippen LogP contribution in [0.25, 0.3) is 0 Å². The third-order valence-electron chi connectivity index (χ3n) is 2.65. The number of nitrogen functional groups attached to an aromatic ring is 1. The summed E-state index contributed by atoms with van der Waals surface area (Å²) in [5, 5.41) is 9.21. The van der Waals surface area contributed by atoms with Crippen LogP contribution in [-0.4, -0.2) is 0 Å². The van der Waals surface area contributed by atoms with Crippen LogP contribution in [0.2, 0.25) is 0 Å². The second-order valence-corrected chi connectivity index (χ2v) is 3.71. The quantitative estimate of drug-likeness (QED) is 0.800. The summed E-state index contributed by atoms with van der Waals surface area (Å²) in [6, 6.07) is 15.4. The second-order valence-electron chi connectivity index (χ2n) is 3.71. The number of rotatable bonds is 2. The lowest BCUT2D eigenvalue weighted by Gasteiger charge is -2.12. The fourth-order valence-corrected chi connectivity index (χ4v) is 1.79. The lowest BCUT2D eigenvalue weighted by Crippen LogP contribution is -2.04. The van der Waals surface area contributed by atoms with Crippen LogP contribution in [-0.2, 0) is 0 Å². The number of anilines is 1. The second kappa shape index (κ2) is 4.67. The molecule has 2 aromatic carbocycles. The van der Waals surface area contributed by atoms with Crippen LogP contribution >= 0.6 is 0 Å². The zero-order valence-corrected chi connectivity index (χ0v) is 9.10. The highest BCUT2D eigenvalue weighted by Gasteiger charge is 2.18. The maximum atomic E-state index is 13.7. The number of para-hydroxylation sites is 1. The van der Waals surface area contributed by atoms with E-state index in [4.69, 9.17) is 5.73 Å². The Hall–Kier alpha value is -2.34. The molecule has 0 aliphatic heterocycles. The van der Waals surface area contributed by atoms with Gasteiger partial charge in [0.25, 0.3) is 0 Å². The smallest absolute Gasteiger partial charge is 0.128 e. The van der Waals surface area contributed by atoms with Gasteiger partial charge in [0.1, 0.15) is 11.7 Å². The summed E-state index contributed by atoms with van der Waals surface area (Å²) in [4.78, 5) is 0. The van der Waals surface area contributed by atoms with Gasteiger partial charge in [-0.3, -0.25) is 0 Å². The molecule has 0 saturated heterocycles. The molecule has 0 aliphatic carbocycles. The van der Waals surface area contributed by atoms with Crippen LogP contribution in [0, 0.1) is 17.1 Å². The van der Waals surface area contributed by atoms with Crippen LogP contribution in [0.3, 0.4) is 0 Å². The van der Waals surface area contributed by atoms with Crippen molar-refractivity contribution in [2.75, 3.05) is 5.73 Å². The minimum Gasteiger partial charge on any atom is -0.398 e. The minimum absolute atomic E-state index is 0.355. The Labute approximate surface area is 99.1 Å². The topological polar surface area (TPSA) is 49.8 Å². The molecule has 2 aromatic rings. The van der Waals surface area contributed by atoms with E-state index in [0.717, 1.165) is 0 Å². The Morgan fingerprint density at radius 3 is 2.18 bits per heavy atom. The van der Waals surface area contributed by atoms with Crippen molar-refractivity contribution < 1.29 is 4.39 Å². The Morgan fingerprint density at radius 2 is 1.59 bits per heavy atom. The van der Waals surface area contributed by atoms with E-state index in [0.29, 0.717) is 16.8 Å². The van der Waals surface area contributed by atoms with E-state index in [-0.39, 0.29) is 5.82 Å². The third-order valence-corrected chi connectivity index (χ3v) is 2.65. The molecular formula is C14H11FN2. The van der Waals surface area contributed by atoms with Crippen LogP contribution < -0.4 is 5.73 Å². The molecule has 0 heterocycles. The van der Waals surface area contributed by atoms with Gasteiger partial charge in [0, 0.05) is 11.3 Å². The van der Waals surface area contributed by atoms with E-state index in [9.17, 15) is 9.65 Å². The Morgan fingerprint density at radius 1 is 1.00 bits per heavy atom. The van der Waals surface area contributed by atoms with Gasteiger partial charge in [0.2, 0.25) is 0 Å². The third kappa shape index (κ3) is 2.11. The number of nitrogens with zero attached hydrogens (tertiary/aromatic N) is 1.